The number of nitrogens with one attached hydrogen (secondary N) is 1. The number of nitrogens with zero attached hydrogens (tertiary/aromatic N) is 1. The van der Waals surface area contributed by atoms with Gasteiger partial charge >= 0.3 is 0 Å². The van der Waals surface area contributed by atoms with Gasteiger partial charge in [-0.25, -0.2) is 4.98 Å². The molecule has 0 aliphatic rings. The van der Waals surface area contributed by atoms with E-state index in [0.29, 0.717) is 33.3 Å². The van der Waals surface area contributed by atoms with Gasteiger partial charge in [0.2, 0.25) is 0 Å². The summed E-state index contributed by atoms with van der Waals surface area (Å²) >= 11 is 13.2. The monoisotopic (exact) mass is 408 g/mol. The summed E-state index contributed by atoms with van der Waals surface area (Å²) in [6.45, 7) is 0.251. The van der Waals surface area contributed by atoms with E-state index in [4.69, 9.17) is 32.7 Å². The molecule has 0 saturated carbocycles. The van der Waals surface area contributed by atoms with Crippen molar-refractivity contribution in [3.63, 3.8) is 0 Å². The molecule has 0 atom stereocenters. The molecule has 8 heteroatoms. The summed E-state index contributed by atoms with van der Waals surface area (Å²) in [6.07, 6.45) is 1.68. The molecule has 0 aliphatic heterocycles. The smallest absolute Gasteiger partial charge is 0.278 e. The molecule has 2 aromatic carbocycles. The zero-order valence-electron chi connectivity index (χ0n) is 13.4. The van der Waals surface area contributed by atoms with E-state index in [0.717, 1.165) is 5.56 Å². The van der Waals surface area contributed by atoms with Crippen LogP contribution in [0.1, 0.15) is 5.56 Å². The van der Waals surface area contributed by atoms with Gasteiger partial charge in [0.1, 0.15) is 11.5 Å². The predicted molar refractivity (Wildman–Crippen MR) is 102 cm³/mol. The van der Waals surface area contributed by atoms with Crippen molar-refractivity contribution < 1.29 is 14.3 Å². The van der Waals surface area contributed by atoms with E-state index >= 15 is 0 Å². The van der Waals surface area contributed by atoms with E-state index in [-0.39, 0.29) is 12.5 Å². The highest BCUT2D eigenvalue weighted by atomic mass is 35.5. The van der Waals surface area contributed by atoms with Gasteiger partial charge in [-0.15, -0.1) is 0 Å². The zero-order valence-corrected chi connectivity index (χ0v) is 15.8. The molecule has 0 aliphatic carbocycles. The maximum atomic E-state index is 11.9. The Hall–Kier alpha value is -2.28. The minimum atomic E-state index is -0.251. The molecule has 5 nitrogen and oxygen atoms in total. The van der Waals surface area contributed by atoms with Crippen molar-refractivity contribution >= 4 is 40.4 Å². The largest absolute Gasteiger partial charge is 0.482 e. The van der Waals surface area contributed by atoms with Crippen LogP contribution in [0.5, 0.6) is 16.7 Å². The van der Waals surface area contributed by atoms with Crippen LogP contribution in [-0.4, -0.2) is 17.5 Å². The van der Waals surface area contributed by atoms with Gasteiger partial charge in [0.15, 0.2) is 6.61 Å². The van der Waals surface area contributed by atoms with Crippen molar-refractivity contribution in [3.8, 4) is 16.7 Å². The third-order valence-corrected chi connectivity index (χ3v) is 4.46. The standard InChI is InChI=1S/C18H14Cl2N2O3S/c19-13-3-6-16(15(20)9-13)24-11-17(23)22-10-12-1-4-14(5-2-12)25-18-21-7-8-26-18/h1-9H,10-11H2,(H,22,23). The number of thiazole rings is 1. The van der Waals surface area contributed by atoms with Gasteiger partial charge in [0.05, 0.1) is 5.02 Å². The molecule has 1 aromatic heterocycles. The van der Waals surface area contributed by atoms with Crippen molar-refractivity contribution in [3.05, 3.63) is 69.7 Å². The van der Waals surface area contributed by atoms with Gasteiger partial charge in [-0.05, 0) is 35.9 Å². The molecule has 1 N–H and O–H groups in total. The van der Waals surface area contributed by atoms with Gasteiger partial charge < -0.3 is 14.8 Å². The van der Waals surface area contributed by atoms with Crippen LogP contribution >= 0.6 is 34.5 Å². The normalized spacial score (nSPS) is 10.4. The molecule has 1 amide bonds. The molecule has 0 saturated heterocycles. The first-order chi connectivity index (χ1) is 12.6. The minimum Gasteiger partial charge on any atom is -0.482 e. The number of carbonyl (C=O) groups excluding carboxylic acids is 1. The average Bonchev–Trinajstić information content (AvgIpc) is 3.13. The van der Waals surface area contributed by atoms with Crippen molar-refractivity contribution in [2.75, 3.05) is 6.61 Å². The number of hydrogen-bond acceptors (Lipinski definition) is 5. The molecule has 0 unspecified atom stereocenters. The summed E-state index contributed by atoms with van der Waals surface area (Å²) in [6, 6.07) is 12.2. The number of amides is 1. The predicted octanol–water partition coefficient (Wildman–Crippen LogP) is 4.94. The Morgan fingerprint density at radius 2 is 1.96 bits per heavy atom. The van der Waals surface area contributed by atoms with E-state index in [1.165, 1.54) is 11.3 Å². The molecule has 3 aromatic rings. The highest BCUT2D eigenvalue weighted by Crippen LogP contribution is 2.27. The van der Waals surface area contributed by atoms with Crippen LogP contribution in [0.3, 0.4) is 0 Å². The Bertz CT molecular complexity index is 871. The average molecular weight is 409 g/mol. The summed E-state index contributed by atoms with van der Waals surface area (Å²) in [5.41, 5.74) is 0.939. The van der Waals surface area contributed by atoms with Gasteiger partial charge in [-0.3, -0.25) is 4.79 Å². The third kappa shape index (κ3) is 5.36. The fourth-order valence-corrected chi connectivity index (χ4v) is 2.99. The molecular formula is C18H14Cl2N2O3S. The molecule has 134 valence electrons. The van der Waals surface area contributed by atoms with Gasteiger partial charge in [-0.2, -0.15) is 0 Å². The molecule has 1 heterocycles. The van der Waals surface area contributed by atoms with Crippen LogP contribution in [0.4, 0.5) is 0 Å². The lowest BCUT2D eigenvalue weighted by molar-refractivity contribution is -0.123. The third-order valence-electron chi connectivity index (χ3n) is 3.28. The van der Waals surface area contributed by atoms with E-state index in [9.17, 15) is 4.79 Å². The fraction of sp³-hybridized carbons (Fsp3) is 0.111. The number of halogens is 2. The Labute approximate surface area is 164 Å². The molecule has 0 bridgehead atoms. The minimum absolute atomic E-state index is 0.132. The Kier molecular flexibility index (Phi) is 6.33. The van der Waals surface area contributed by atoms with Gasteiger partial charge in [0.25, 0.3) is 11.1 Å². The summed E-state index contributed by atoms with van der Waals surface area (Å²) in [5, 5.41) is 6.08. The molecule has 3 rings (SSSR count). The second kappa shape index (κ2) is 8.89. The Morgan fingerprint density at radius 1 is 1.15 bits per heavy atom. The maximum absolute atomic E-state index is 11.9. The first-order valence-electron chi connectivity index (χ1n) is 7.61. The summed E-state index contributed by atoms with van der Waals surface area (Å²) < 4.78 is 11.0. The summed E-state index contributed by atoms with van der Waals surface area (Å²) in [7, 11) is 0. The number of ether oxygens (including phenoxy) is 2. The van der Waals surface area contributed by atoms with E-state index < -0.39 is 0 Å². The fourth-order valence-electron chi connectivity index (χ4n) is 2.02. The molecule has 26 heavy (non-hydrogen) atoms. The van der Waals surface area contributed by atoms with E-state index in [1.807, 2.05) is 29.6 Å². The number of rotatable bonds is 7. The molecule has 0 fully saturated rings. The molecular weight excluding hydrogens is 395 g/mol. The zero-order chi connectivity index (χ0) is 18.4. The van der Waals surface area contributed by atoms with E-state index in [1.54, 1.807) is 24.4 Å². The quantitative estimate of drug-likeness (QED) is 0.601. The highest BCUT2D eigenvalue weighted by Gasteiger charge is 2.07. The van der Waals surface area contributed by atoms with Crippen molar-refractivity contribution in [2.45, 2.75) is 6.54 Å². The molecule has 0 spiro atoms. The Balaban J connectivity index is 1.45. The van der Waals surface area contributed by atoms with Crippen molar-refractivity contribution in [1.29, 1.82) is 0 Å². The van der Waals surface area contributed by atoms with Crippen LogP contribution < -0.4 is 14.8 Å². The summed E-state index contributed by atoms with van der Waals surface area (Å²) in [4.78, 5) is 16.0. The highest BCUT2D eigenvalue weighted by molar-refractivity contribution is 7.11. The lowest BCUT2D eigenvalue weighted by Crippen LogP contribution is -2.28. The number of benzene rings is 2. The van der Waals surface area contributed by atoms with Crippen molar-refractivity contribution in [1.82, 2.24) is 10.3 Å². The topological polar surface area (TPSA) is 60.5 Å². The maximum Gasteiger partial charge on any atom is 0.278 e. The van der Waals surface area contributed by atoms with Crippen LogP contribution in [0, 0.1) is 0 Å². The number of aromatic nitrogens is 1. The molecule has 0 radical (unpaired) electrons. The van der Waals surface area contributed by atoms with Crippen LogP contribution in [0.2, 0.25) is 10.0 Å². The lowest BCUT2D eigenvalue weighted by Gasteiger charge is -2.09. The Morgan fingerprint density at radius 3 is 2.65 bits per heavy atom. The van der Waals surface area contributed by atoms with Crippen molar-refractivity contribution in [2.24, 2.45) is 0 Å². The number of carbonyl (C=O) groups is 1. The SMILES string of the molecule is O=C(COc1ccc(Cl)cc1Cl)NCc1ccc(Oc2nccs2)cc1. The number of hydrogen-bond donors (Lipinski definition) is 1. The van der Waals surface area contributed by atoms with E-state index in [2.05, 4.69) is 10.3 Å². The van der Waals surface area contributed by atoms with Gasteiger partial charge in [0, 0.05) is 23.1 Å². The summed E-state index contributed by atoms with van der Waals surface area (Å²) in [5.74, 6) is 0.852. The van der Waals surface area contributed by atoms with Crippen LogP contribution in [0.15, 0.2) is 54.0 Å². The van der Waals surface area contributed by atoms with Crippen LogP contribution in [-0.2, 0) is 11.3 Å². The second-order valence-corrected chi connectivity index (χ2v) is 6.88. The first-order valence-corrected chi connectivity index (χ1v) is 9.24. The lowest BCUT2D eigenvalue weighted by atomic mass is 10.2. The first kappa shape index (κ1) is 18.5. The van der Waals surface area contributed by atoms with Gasteiger partial charge in [-0.1, -0.05) is 46.7 Å². The second-order valence-electron chi connectivity index (χ2n) is 5.18. The van der Waals surface area contributed by atoms with Crippen LogP contribution in [0.25, 0.3) is 0 Å².